The number of benzene rings is 1. The number of nitrogens with one attached hydrogen (secondary N) is 2. The van der Waals surface area contributed by atoms with E-state index < -0.39 is 0 Å². The van der Waals surface area contributed by atoms with E-state index in [-0.39, 0.29) is 6.61 Å². The van der Waals surface area contributed by atoms with Crippen LogP contribution in [-0.2, 0) is 6.61 Å². The van der Waals surface area contributed by atoms with Gasteiger partial charge < -0.3 is 21.1 Å². The number of aryl methyl sites for hydroxylation is 1. The zero-order valence-corrected chi connectivity index (χ0v) is 19.2. The number of fused-ring (bicyclic) bond motifs is 1. The van der Waals surface area contributed by atoms with Crippen LogP contribution in [0.1, 0.15) is 31.0 Å². The van der Waals surface area contributed by atoms with E-state index in [2.05, 4.69) is 20.6 Å². The molecular formula is C23H27Cl2N5O. The summed E-state index contributed by atoms with van der Waals surface area (Å²) < 4.78 is 6.13. The molecule has 0 radical (unpaired) electrons. The van der Waals surface area contributed by atoms with E-state index in [4.69, 9.17) is 33.7 Å². The summed E-state index contributed by atoms with van der Waals surface area (Å²) in [4.78, 5) is 8.99. The van der Waals surface area contributed by atoms with Gasteiger partial charge in [0.15, 0.2) is 0 Å². The van der Waals surface area contributed by atoms with Crippen molar-refractivity contribution < 1.29 is 4.74 Å². The van der Waals surface area contributed by atoms with Gasteiger partial charge in [0.1, 0.15) is 23.7 Å². The summed E-state index contributed by atoms with van der Waals surface area (Å²) in [6, 6.07) is 7.85. The van der Waals surface area contributed by atoms with Crippen LogP contribution in [-0.4, -0.2) is 23.1 Å². The number of hydrogen-bond donors (Lipinski definition) is 3. The monoisotopic (exact) mass is 459 g/mol. The number of para-hydroxylation sites is 1. The number of nitrogens with zero attached hydrogens (tertiary/aromatic N) is 2. The minimum atomic E-state index is 0.198. The molecule has 0 saturated carbocycles. The largest absolute Gasteiger partial charge is 0.487 e. The summed E-state index contributed by atoms with van der Waals surface area (Å²) in [6.07, 6.45) is 7.29. The summed E-state index contributed by atoms with van der Waals surface area (Å²) in [5, 5.41) is 8.41. The number of ether oxygens (including phenoxy) is 1. The Kier molecular flexibility index (Phi) is 8.35. The number of aromatic nitrogens is 2. The molecule has 1 aromatic carbocycles. The Bertz CT molecular complexity index is 1070. The van der Waals surface area contributed by atoms with Crippen LogP contribution in [0.2, 0.25) is 10.0 Å². The summed E-state index contributed by atoms with van der Waals surface area (Å²) in [7, 11) is 0. The van der Waals surface area contributed by atoms with Crippen LogP contribution in [0.3, 0.4) is 0 Å². The van der Waals surface area contributed by atoms with Crippen LogP contribution < -0.4 is 21.1 Å². The standard InChI is InChI=1S/C23H27Cl2N5O/c1-3-10-27-19-12-15(2)30-22-16(19)7-6-8-20(22)31-14-17-18(24)13-29-23(21(17)25)28-11-5-4-9-26/h3,6-8,10,12-13H,4-5,9,11,14,26H2,1-2H3,(H,27,30)(H,28,29)/b10-3-. The molecule has 0 aliphatic carbocycles. The Hall–Kier alpha value is -2.54. The Morgan fingerprint density at radius 1 is 1.23 bits per heavy atom. The van der Waals surface area contributed by atoms with Gasteiger partial charge in [-0.1, -0.05) is 41.4 Å². The molecule has 0 spiro atoms. The van der Waals surface area contributed by atoms with E-state index in [9.17, 15) is 0 Å². The third-order valence-electron chi connectivity index (χ3n) is 4.70. The van der Waals surface area contributed by atoms with Crippen molar-refractivity contribution in [2.45, 2.75) is 33.3 Å². The average molecular weight is 460 g/mol. The molecule has 6 nitrogen and oxygen atoms in total. The Balaban J connectivity index is 1.85. The number of rotatable bonds is 10. The van der Waals surface area contributed by atoms with Gasteiger partial charge in [0, 0.05) is 35.1 Å². The number of allylic oxidation sites excluding steroid dienone is 1. The lowest BCUT2D eigenvalue weighted by atomic mass is 10.1. The van der Waals surface area contributed by atoms with Crippen LogP contribution in [0, 0.1) is 6.92 Å². The Labute approximate surface area is 192 Å². The Morgan fingerprint density at radius 3 is 2.84 bits per heavy atom. The molecule has 3 rings (SSSR count). The molecule has 0 saturated heterocycles. The van der Waals surface area contributed by atoms with E-state index in [1.54, 1.807) is 6.20 Å². The molecule has 164 valence electrons. The van der Waals surface area contributed by atoms with E-state index in [1.165, 1.54) is 0 Å². The number of pyridine rings is 2. The van der Waals surface area contributed by atoms with Gasteiger partial charge in [0.25, 0.3) is 0 Å². The highest BCUT2D eigenvalue weighted by molar-refractivity contribution is 6.37. The summed E-state index contributed by atoms with van der Waals surface area (Å²) in [5.74, 6) is 1.25. The van der Waals surface area contributed by atoms with Crippen LogP contribution in [0.15, 0.2) is 42.7 Å². The van der Waals surface area contributed by atoms with Gasteiger partial charge in [-0.15, -0.1) is 0 Å². The van der Waals surface area contributed by atoms with Crippen molar-refractivity contribution in [3.05, 3.63) is 64.0 Å². The lowest BCUT2D eigenvalue weighted by Gasteiger charge is -2.15. The second-order valence-electron chi connectivity index (χ2n) is 7.07. The zero-order chi connectivity index (χ0) is 22.2. The van der Waals surface area contributed by atoms with Gasteiger partial charge in [0.05, 0.1) is 10.0 Å². The molecule has 2 heterocycles. The molecule has 0 unspecified atom stereocenters. The first-order chi connectivity index (χ1) is 15.0. The molecule has 2 aromatic heterocycles. The van der Waals surface area contributed by atoms with Gasteiger partial charge in [-0.05, 0) is 51.6 Å². The fourth-order valence-corrected chi connectivity index (χ4v) is 3.66. The topological polar surface area (TPSA) is 85.1 Å². The number of halogens is 2. The molecule has 31 heavy (non-hydrogen) atoms. The van der Waals surface area contributed by atoms with E-state index in [1.807, 2.05) is 50.4 Å². The molecule has 0 aliphatic heterocycles. The zero-order valence-electron chi connectivity index (χ0n) is 17.7. The minimum absolute atomic E-state index is 0.198. The maximum Gasteiger partial charge on any atom is 0.146 e. The number of anilines is 2. The van der Waals surface area contributed by atoms with Crippen molar-refractivity contribution >= 4 is 45.6 Å². The Morgan fingerprint density at radius 2 is 2.06 bits per heavy atom. The number of unbranched alkanes of at least 4 members (excludes halogenated alkanes) is 1. The quantitative estimate of drug-likeness (QED) is 0.326. The fraction of sp³-hybridized carbons (Fsp3) is 0.304. The first kappa shape index (κ1) is 23.1. The smallest absolute Gasteiger partial charge is 0.146 e. The lowest BCUT2D eigenvalue weighted by molar-refractivity contribution is 0.309. The second-order valence-corrected chi connectivity index (χ2v) is 7.85. The predicted molar refractivity (Wildman–Crippen MR) is 130 cm³/mol. The van der Waals surface area contributed by atoms with E-state index in [0.29, 0.717) is 33.7 Å². The van der Waals surface area contributed by atoms with Crippen molar-refractivity contribution in [3.8, 4) is 5.75 Å². The highest BCUT2D eigenvalue weighted by atomic mass is 35.5. The molecule has 0 aliphatic rings. The lowest BCUT2D eigenvalue weighted by Crippen LogP contribution is -2.08. The predicted octanol–water partition coefficient (Wildman–Crippen LogP) is 5.92. The summed E-state index contributed by atoms with van der Waals surface area (Å²) >= 11 is 12.9. The first-order valence-electron chi connectivity index (χ1n) is 10.2. The molecule has 3 aromatic rings. The first-order valence-corrected chi connectivity index (χ1v) is 11.0. The van der Waals surface area contributed by atoms with Crippen molar-refractivity contribution in [3.63, 3.8) is 0 Å². The molecule has 0 bridgehead atoms. The normalized spacial score (nSPS) is 11.3. The highest BCUT2D eigenvalue weighted by Crippen LogP contribution is 2.34. The van der Waals surface area contributed by atoms with Crippen LogP contribution in [0.5, 0.6) is 5.75 Å². The highest BCUT2D eigenvalue weighted by Gasteiger charge is 2.15. The van der Waals surface area contributed by atoms with Crippen LogP contribution in [0.4, 0.5) is 11.5 Å². The molecule has 4 N–H and O–H groups in total. The van der Waals surface area contributed by atoms with Gasteiger partial charge in [-0.2, -0.15) is 0 Å². The van der Waals surface area contributed by atoms with E-state index in [0.717, 1.165) is 41.7 Å². The van der Waals surface area contributed by atoms with E-state index >= 15 is 0 Å². The third kappa shape index (κ3) is 5.79. The minimum Gasteiger partial charge on any atom is -0.487 e. The SMILES string of the molecule is C/C=C\Nc1cc(C)nc2c(OCc3c(Cl)cnc(NCCCCN)c3Cl)cccc12. The van der Waals surface area contributed by atoms with Gasteiger partial charge in [0.2, 0.25) is 0 Å². The second kappa shape index (κ2) is 11.2. The fourth-order valence-electron chi connectivity index (χ4n) is 3.14. The molecule has 0 fully saturated rings. The van der Waals surface area contributed by atoms with Crippen molar-refractivity contribution in [1.29, 1.82) is 0 Å². The third-order valence-corrected chi connectivity index (χ3v) is 5.43. The molecule has 0 atom stereocenters. The van der Waals surface area contributed by atoms with Crippen molar-refractivity contribution in [2.75, 3.05) is 23.7 Å². The number of nitrogens with two attached hydrogens (primary N) is 1. The van der Waals surface area contributed by atoms with Crippen molar-refractivity contribution in [2.24, 2.45) is 5.73 Å². The van der Waals surface area contributed by atoms with Gasteiger partial charge in [-0.3, -0.25) is 0 Å². The van der Waals surface area contributed by atoms with Gasteiger partial charge >= 0.3 is 0 Å². The molecular weight excluding hydrogens is 433 g/mol. The average Bonchev–Trinajstić information content (AvgIpc) is 2.76. The van der Waals surface area contributed by atoms with Crippen LogP contribution in [0.25, 0.3) is 10.9 Å². The van der Waals surface area contributed by atoms with Gasteiger partial charge in [-0.25, -0.2) is 9.97 Å². The van der Waals surface area contributed by atoms with Crippen LogP contribution >= 0.6 is 23.2 Å². The maximum atomic E-state index is 6.57. The molecule has 8 heteroatoms. The summed E-state index contributed by atoms with van der Waals surface area (Å²) in [6.45, 7) is 5.51. The summed E-state index contributed by atoms with van der Waals surface area (Å²) in [5.41, 5.74) is 8.85. The maximum absolute atomic E-state index is 6.57. The number of hydrogen-bond acceptors (Lipinski definition) is 6. The van der Waals surface area contributed by atoms with Crippen molar-refractivity contribution in [1.82, 2.24) is 9.97 Å². The molecule has 0 amide bonds.